The third-order valence-corrected chi connectivity index (χ3v) is 2.62. The van der Waals surface area contributed by atoms with Gasteiger partial charge in [-0.15, -0.1) is 0 Å². The van der Waals surface area contributed by atoms with Crippen molar-refractivity contribution in [1.29, 1.82) is 0 Å². The maximum atomic E-state index is 13.1. The fraction of sp³-hybridized carbons (Fsp3) is 1.00. The Morgan fingerprint density at radius 3 is 2.44 bits per heavy atom. The highest BCUT2D eigenvalue weighted by Crippen LogP contribution is 2.46. The first-order valence-corrected chi connectivity index (χ1v) is 3.38. The Bertz CT molecular complexity index is 111. The van der Waals surface area contributed by atoms with Crippen molar-refractivity contribution in [3.8, 4) is 0 Å². The molecule has 0 aliphatic heterocycles. The van der Waals surface area contributed by atoms with Gasteiger partial charge in [0.1, 0.15) is 5.67 Å². The lowest BCUT2D eigenvalue weighted by Crippen LogP contribution is -2.49. The molecule has 0 heterocycles. The summed E-state index contributed by atoms with van der Waals surface area (Å²) in [6, 6.07) is 0. The molecule has 0 saturated heterocycles. The van der Waals surface area contributed by atoms with Gasteiger partial charge in [0.05, 0.1) is 0 Å². The minimum Gasteiger partial charge on any atom is -0.396 e. The van der Waals surface area contributed by atoms with Crippen LogP contribution in [0.3, 0.4) is 0 Å². The largest absolute Gasteiger partial charge is 0.396 e. The third-order valence-electron chi connectivity index (χ3n) is 2.62. The van der Waals surface area contributed by atoms with Crippen LogP contribution in [0.5, 0.6) is 0 Å². The lowest BCUT2D eigenvalue weighted by atomic mass is 9.64. The number of hydrogen-bond acceptors (Lipinski definition) is 1. The third kappa shape index (κ3) is 0.855. The van der Waals surface area contributed by atoms with Crippen molar-refractivity contribution in [1.82, 2.24) is 0 Å². The van der Waals surface area contributed by atoms with Crippen LogP contribution < -0.4 is 0 Å². The highest BCUT2D eigenvalue weighted by atomic mass is 19.1. The lowest BCUT2D eigenvalue weighted by molar-refractivity contribution is -0.0825. The number of alkyl halides is 1. The number of aliphatic hydroxyl groups is 1. The molecule has 1 rings (SSSR count). The van der Waals surface area contributed by atoms with E-state index in [1.54, 1.807) is 6.92 Å². The Kier molecular flexibility index (Phi) is 1.51. The van der Waals surface area contributed by atoms with Crippen LogP contribution in [-0.4, -0.2) is 17.4 Å². The molecule has 1 nitrogen and oxygen atoms in total. The van der Waals surface area contributed by atoms with Crippen molar-refractivity contribution in [2.24, 2.45) is 11.8 Å². The fourth-order valence-electron chi connectivity index (χ4n) is 1.38. The maximum absolute atomic E-state index is 13.1. The molecule has 0 bridgehead atoms. The summed E-state index contributed by atoms with van der Waals surface area (Å²) in [5.74, 6) is 0.0298. The minimum atomic E-state index is -1.10. The Balaban J connectivity index is 2.48. The van der Waals surface area contributed by atoms with Gasteiger partial charge in [-0.05, 0) is 19.3 Å². The average molecular weight is 132 g/mol. The smallest absolute Gasteiger partial charge is 0.115 e. The van der Waals surface area contributed by atoms with Gasteiger partial charge in [0.15, 0.2) is 0 Å². The highest BCUT2D eigenvalue weighted by Gasteiger charge is 2.49. The normalized spacial score (nSPS) is 50.7. The molecule has 3 atom stereocenters. The summed E-state index contributed by atoms with van der Waals surface area (Å²) in [4.78, 5) is 0. The summed E-state index contributed by atoms with van der Waals surface area (Å²) in [7, 11) is 0. The standard InChI is InChI=1S/C7H13FO/c1-5-3-6(4-9)7(5,2)8/h5-6,9H,3-4H2,1-2H3. The first-order valence-electron chi connectivity index (χ1n) is 3.38. The number of rotatable bonds is 1. The molecule has 3 unspecified atom stereocenters. The van der Waals surface area contributed by atoms with Gasteiger partial charge in [0, 0.05) is 12.5 Å². The SMILES string of the molecule is CC1CC(CO)C1(C)F. The second-order valence-electron chi connectivity index (χ2n) is 3.17. The van der Waals surface area contributed by atoms with Gasteiger partial charge in [-0.2, -0.15) is 0 Å². The molecule has 0 spiro atoms. The van der Waals surface area contributed by atoms with Crippen molar-refractivity contribution in [2.45, 2.75) is 25.9 Å². The number of hydrogen-bond donors (Lipinski definition) is 1. The molecular formula is C7H13FO. The van der Waals surface area contributed by atoms with Crippen LogP contribution in [0.15, 0.2) is 0 Å². The van der Waals surface area contributed by atoms with Crippen LogP contribution in [0.25, 0.3) is 0 Å². The van der Waals surface area contributed by atoms with Crippen molar-refractivity contribution < 1.29 is 9.50 Å². The van der Waals surface area contributed by atoms with Crippen LogP contribution in [-0.2, 0) is 0 Å². The Hall–Kier alpha value is -0.110. The molecule has 1 aliphatic carbocycles. The van der Waals surface area contributed by atoms with E-state index in [1.165, 1.54) is 0 Å². The van der Waals surface area contributed by atoms with Crippen LogP contribution in [0.4, 0.5) is 4.39 Å². The number of halogens is 1. The predicted octanol–water partition coefficient (Wildman–Crippen LogP) is 1.36. The second kappa shape index (κ2) is 1.94. The summed E-state index contributed by atoms with van der Waals surface area (Å²) < 4.78 is 13.1. The van der Waals surface area contributed by atoms with Gasteiger partial charge in [-0.25, -0.2) is 4.39 Å². The highest BCUT2D eigenvalue weighted by molar-refractivity contribution is 4.97. The van der Waals surface area contributed by atoms with E-state index in [2.05, 4.69) is 0 Å². The van der Waals surface area contributed by atoms with Crippen molar-refractivity contribution >= 4 is 0 Å². The molecular weight excluding hydrogens is 119 g/mol. The van der Waals surface area contributed by atoms with Crippen LogP contribution in [0, 0.1) is 11.8 Å². The molecule has 0 aromatic carbocycles. The van der Waals surface area contributed by atoms with E-state index in [0.717, 1.165) is 6.42 Å². The second-order valence-corrected chi connectivity index (χ2v) is 3.17. The van der Waals surface area contributed by atoms with E-state index in [1.807, 2.05) is 6.92 Å². The van der Waals surface area contributed by atoms with Crippen molar-refractivity contribution in [3.05, 3.63) is 0 Å². The molecule has 54 valence electrons. The molecule has 1 saturated carbocycles. The first kappa shape index (κ1) is 7.00. The van der Waals surface area contributed by atoms with Crippen LogP contribution >= 0.6 is 0 Å². The predicted molar refractivity (Wildman–Crippen MR) is 33.9 cm³/mol. The van der Waals surface area contributed by atoms with E-state index in [4.69, 9.17) is 5.11 Å². The maximum Gasteiger partial charge on any atom is 0.115 e. The van der Waals surface area contributed by atoms with Gasteiger partial charge in [-0.3, -0.25) is 0 Å². The number of aliphatic hydroxyl groups excluding tert-OH is 1. The van der Waals surface area contributed by atoms with Gasteiger partial charge in [-0.1, -0.05) is 6.92 Å². The molecule has 2 heteroatoms. The van der Waals surface area contributed by atoms with E-state index in [0.29, 0.717) is 0 Å². The van der Waals surface area contributed by atoms with E-state index in [9.17, 15) is 4.39 Å². The monoisotopic (exact) mass is 132 g/mol. The molecule has 0 aromatic rings. The minimum absolute atomic E-state index is 0.00264. The van der Waals surface area contributed by atoms with Crippen molar-refractivity contribution in [3.63, 3.8) is 0 Å². The van der Waals surface area contributed by atoms with Gasteiger partial charge >= 0.3 is 0 Å². The summed E-state index contributed by atoms with van der Waals surface area (Å²) in [5, 5.41) is 8.60. The van der Waals surface area contributed by atoms with Crippen molar-refractivity contribution in [2.75, 3.05) is 6.61 Å². The average Bonchev–Trinajstić information content (AvgIpc) is 1.82. The lowest BCUT2D eigenvalue weighted by Gasteiger charge is -2.45. The fourth-order valence-corrected chi connectivity index (χ4v) is 1.38. The quantitative estimate of drug-likeness (QED) is 0.571. The Morgan fingerprint density at radius 2 is 2.33 bits per heavy atom. The summed E-state index contributed by atoms with van der Waals surface area (Å²) in [6.07, 6.45) is 0.837. The van der Waals surface area contributed by atoms with Crippen LogP contribution in [0.1, 0.15) is 20.3 Å². The van der Waals surface area contributed by atoms with E-state index >= 15 is 0 Å². The Labute approximate surface area is 54.9 Å². The zero-order chi connectivity index (χ0) is 7.07. The molecule has 0 amide bonds. The van der Waals surface area contributed by atoms with Gasteiger partial charge < -0.3 is 5.11 Å². The summed E-state index contributed by atoms with van der Waals surface area (Å²) >= 11 is 0. The summed E-state index contributed by atoms with van der Waals surface area (Å²) in [5.41, 5.74) is -1.10. The van der Waals surface area contributed by atoms with E-state index < -0.39 is 5.67 Å². The molecule has 9 heavy (non-hydrogen) atoms. The molecule has 0 radical (unpaired) electrons. The first-order chi connectivity index (χ1) is 4.09. The topological polar surface area (TPSA) is 20.2 Å². The van der Waals surface area contributed by atoms with E-state index in [-0.39, 0.29) is 18.4 Å². The molecule has 1 fully saturated rings. The zero-order valence-corrected chi connectivity index (χ0v) is 5.89. The Morgan fingerprint density at radius 1 is 1.78 bits per heavy atom. The van der Waals surface area contributed by atoms with Crippen LogP contribution in [0.2, 0.25) is 0 Å². The van der Waals surface area contributed by atoms with Gasteiger partial charge in [0.25, 0.3) is 0 Å². The summed E-state index contributed by atoms with van der Waals surface area (Å²) in [6.45, 7) is 3.45. The molecule has 1 aliphatic rings. The molecule has 1 N–H and O–H groups in total. The zero-order valence-electron chi connectivity index (χ0n) is 5.89. The van der Waals surface area contributed by atoms with Gasteiger partial charge in [0.2, 0.25) is 0 Å². The molecule has 0 aromatic heterocycles.